The van der Waals surface area contributed by atoms with Crippen LogP contribution in [0.2, 0.25) is 5.02 Å². The minimum atomic E-state index is -0.915. The molecule has 0 fully saturated rings. The van der Waals surface area contributed by atoms with E-state index in [1.165, 1.54) is 7.11 Å². The van der Waals surface area contributed by atoms with Gasteiger partial charge in [-0.3, -0.25) is 0 Å². The summed E-state index contributed by atoms with van der Waals surface area (Å²) < 4.78 is 31.8. The second-order valence-corrected chi connectivity index (χ2v) is 6.54. The van der Waals surface area contributed by atoms with E-state index in [0.717, 1.165) is 6.33 Å². The lowest BCUT2D eigenvalue weighted by atomic mass is 10.1. The second kappa shape index (κ2) is 11.1. The van der Waals surface area contributed by atoms with Crippen molar-refractivity contribution in [3.05, 3.63) is 71.3 Å². The highest BCUT2D eigenvalue weighted by molar-refractivity contribution is 6.45. The first kappa shape index (κ1) is 23.7. The van der Waals surface area contributed by atoms with Crippen LogP contribution in [0.4, 0.5) is 4.39 Å². The summed E-state index contributed by atoms with van der Waals surface area (Å²) in [5.41, 5.74) is 0.606. The van der Waals surface area contributed by atoms with E-state index in [1.54, 1.807) is 48.5 Å². The minimum absolute atomic E-state index is 0. The lowest BCUT2D eigenvalue weighted by Gasteiger charge is -2.17. The summed E-state index contributed by atoms with van der Waals surface area (Å²) >= 11 is 6.07. The minimum Gasteiger partial charge on any atom is -0.470 e. The summed E-state index contributed by atoms with van der Waals surface area (Å²) in [5, 5.41) is 8.12. The molecule has 3 aromatic rings. The van der Waals surface area contributed by atoms with Crippen molar-refractivity contribution in [3.63, 3.8) is 0 Å². The Kier molecular flexibility index (Phi) is 7.98. The van der Waals surface area contributed by atoms with Crippen LogP contribution in [0.15, 0.2) is 65.2 Å². The van der Waals surface area contributed by atoms with Crippen LogP contribution in [-0.2, 0) is 14.4 Å². The van der Waals surface area contributed by atoms with E-state index < -0.39 is 5.82 Å². The molecule has 0 bridgehead atoms. The van der Waals surface area contributed by atoms with E-state index in [2.05, 4.69) is 20.3 Å². The third kappa shape index (κ3) is 5.47. The Labute approximate surface area is 194 Å². The molecular weight excluding hydrogens is 455 g/mol. The van der Waals surface area contributed by atoms with Gasteiger partial charge in [-0.15, -0.1) is 0 Å². The molecule has 1 aliphatic rings. The van der Waals surface area contributed by atoms with E-state index in [4.69, 9.17) is 35.5 Å². The fourth-order valence-corrected chi connectivity index (χ4v) is 2.85. The topological polar surface area (TPSA) is 96.7 Å². The van der Waals surface area contributed by atoms with E-state index in [1.807, 2.05) is 0 Å². The lowest BCUT2D eigenvalue weighted by molar-refractivity contribution is 0.0672. The van der Waals surface area contributed by atoms with Gasteiger partial charge in [-0.2, -0.15) is 14.4 Å². The molecule has 0 unspecified atom stereocenters. The van der Waals surface area contributed by atoms with Crippen LogP contribution in [-0.4, -0.2) is 41.9 Å². The molecule has 0 amide bonds. The van der Waals surface area contributed by atoms with E-state index >= 15 is 4.39 Å². The van der Waals surface area contributed by atoms with Gasteiger partial charge in [0, 0.05) is 0 Å². The summed E-state index contributed by atoms with van der Waals surface area (Å²) in [4.78, 5) is 17.7. The first-order valence-corrected chi connectivity index (χ1v) is 9.69. The van der Waals surface area contributed by atoms with Crippen LogP contribution in [0, 0.1) is 5.82 Å². The second-order valence-electron chi connectivity index (χ2n) is 6.13. The van der Waals surface area contributed by atoms with Gasteiger partial charge in [-0.05, 0) is 29.4 Å². The predicted octanol–water partition coefficient (Wildman–Crippen LogP) is 5.20. The molecule has 2 heterocycles. The standard InChI is InChI=1S/C21H16ClFN4O5.CH4/c1-28-26-18(21-27-30-11-10-29-21)13-6-2-4-8-15(13)31-19-17(23)20(25-12-24-19)32-16-9-5-3-7-14(16)22;/h2-9,12H,10-11H2,1H3;1H4. The molecule has 9 nitrogen and oxygen atoms in total. The lowest BCUT2D eigenvalue weighted by Crippen LogP contribution is -2.25. The normalized spacial score (nSPS) is 13.1. The number of hydrogen-bond donors (Lipinski definition) is 0. The highest BCUT2D eigenvalue weighted by atomic mass is 35.5. The number of ether oxygens (including phenoxy) is 3. The fraction of sp³-hybridized carbons (Fsp3) is 0.182. The Bertz CT molecular complexity index is 1180. The largest absolute Gasteiger partial charge is 0.470 e. The van der Waals surface area contributed by atoms with E-state index in [0.29, 0.717) is 17.2 Å². The fourth-order valence-electron chi connectivity index (χ4n) is 2.68. The molecule has 0 aliphatic carbocycles. The average Bonchev–Trinajstić information content (AvgIpc) is 2.82. The van der Waals surface area contributed by atoms with Gasteiger partial charge in [0.1, 0.15) is 31.5 Å². The van der Waals surface area contributed by atoms with Crippen molar-refractivity contribution in [1.82, 2.24) is 9.97 Å². The van der Waals surface area contributed by atoms with Crippen molar-refractivity contribution in [2.75, 3.05) is 20.3 Å². The summed E-state index contributed by atoms with van der Waals surface area (Å²) in [6, 6.07) is 13.3. The molecule has 172 valence electrons. The van der Waals surface area contributed by atoms with Gasteiger partial charge in [-0.25, -0.2) is 0 Å². The quantitative estimate of drug-likeness (QED) is 0.343. The zero-order chi connectivity index (χ0) is 22.3. The number of oxime groups is 2. The molecule has 33 heavy (non-hydrogen) atoms. The molecule has 0 spiro atoms. The van der Waals surface area contributed by atoms with Crippen molar-refractivity contribution in [2.24, 2.45) is 10.3 Å². The maximum Gasteiger partial charge on any atom is 0.280 e. The summed E-state index contributed by atoms with van der Waals surface area (Å²) in [6.07, 6.45) is 1.11. The van der Waals surface area contributed by atoms with Gasteiger partial charge in [0.05, 0.1) is 10.6 Å². The molecule has 0 N–H and O–H groups in total. The Morgan fingerprint density at radius 2 is 1.67 bits per heavy atom. The maximum atomic E-state index is 15.1. The first-order chi connectivity index (χ1) is 15.7. The molecule has 1 aliphatic heterocycles. The van der Waals surface area contributed by atoms with Crippen molar-refractivity contribution in [3.8, 4) is 23.3 Å². The SMILES string of the molecule is C.CON=C(C1=NOCCO1)c1ccccc1Oc1ncnc(Oc2ccccc2Cl)c1F. The van der Waals surface area contributed by atoms with Gasteiger partial charge < -0.3 is 23.9 Å². The molecule has 0 atom stereocenters. The number of rotatable bonds is 7. The molecule has 0 saturated heterocycles. The number of hydrogen-bond acceptors (Lipinski definition) is 9. The molecule has 4 rings (SSSR count). The molecule has 2 aromatic carbocycles. The third-order valence-electron chi connectivity index (χ3n) is 4.06. The van der Waals surface area contributed by atoms with Gasteiger partial charge in [0.2, 0.25) is 5.82 Å². The Morgan fingerprint density at radius 1 is 1.00 bits per heavy atom. The number of para-hydroxylation sites is 2. The Balaban J connectivity index is 0.00000306. The summed E-state index contributed by atoms with van der Waals surface area (Å²) in [6.45, 7) is 0.593. The number of nitrogens with zero attached hydrogens (tertiary/aromatic N) is 4. The average molecular weight is 475 g/mol. The summed E-state index contributed by atoms with van der Waals surface area (Å²) in [7, 11) is 1.37. The monoisotopic (exact) mass is 474 g/mol. The van der Waals surface area contributed by atoms with Gasteiger partial charge in [0.15, 0.2) is 12.3 Å². The maximum absolute atomic E-state index is 15.1. The molecule has 0 radical (unpaired) electrons. The molecule has 1 aromatic heterocycles. The third-order valence-corrected chi connectivity index (χ3v) is 4.38. The highest BCUT2D eigenvalue weighted by Crippen LogP contribution is 2.33. The molecular formula is C22H20ClFN4O5. The predicted molar refractivity (Wildman–Crippen MR) is 120 cm³/mol. The number of benzene rings is 2. The number of aromatic nitrogens is 2. The first-order valence-electron chi connectivity index (χ1n) is 9.31. The number of halogens is 2. The van der Waals surface area contributed by atoms with Crippen molar-refractivity contribution >= 4 is 23.2 Å². The summed E-state index contributed by atoms with van der Waals surface area (Å²) in [5.74, 6) is -1.09. The Morgan fingerprint density at radius 3 is 2.33 bits per heavy atom. The van der Waals surface area contributed by atoms with Crippen molar-refractivity contribution in [2.45, 2.75) is 7.43 Å². The van der Waals surface area contributed by atoms with Crippen LogP contribution in [0.5, 0.6) is 23.3 Å². The van der Waals surface area contributed by atoms with E-state index in [9.17, 15) is 0 Å². The van der Waals surface area contributed by atoms with Crippen LogP contribution in [0.3, 0.4) is 0 Å². The molecule has 11 heteroatoms. The van der Waals surface area contributed by atoms with Crippen LogP contribution in [0.25, 0.3) is 0 Å². The Hall–Kier alpha value is -3.92. The molecule has 0 saturated carbocycles. The van der Waals surface area contributed by atoms with Gasteiger partial charge in [0.25, 0.3) is 17.7 Å². The smallest absolute Gasteiger partial charge is 0.280 e. The zero-order valence-electron chi connectivity index (χ0n) is 16.7. The van der Waals surface area contributed by atoms with Crippen LogP contribution >= 0.6 is 11.6 Å². The van der Waals surface area contributed by atoms with Crippen molar-refractivity contribution in [1.29, 1.82) is 0 Å². The van der Waals surface area contributed by atoms with Gasteiger partial charge in [-0.1, -0.05) is 48.4 Å². The van der Waals surface area contributed by atoms with Gasteiger partial charge >= 0.3 is 0 Å². The van der Waals surface area contributed by atoms with Crippen LogP contribution < -0.4 is 9.47 Å². The zero-order valence-corrected chi connectivity index (χ0v) is 17.5. The van der Waals surface area contributed by atoms with Crippen LogP contribution in [0.1, 0.15) is 13.0 Å². The van der Waals surface area contributed by atoms with E-state index in [-0.39, 0.29) is 48.9 Å². The highest BCUT2D eigenvalue weighted by Gasteiger charge is 2.24. The van der Waals surface area contributed by atoms with Crippen molar-refractivity contribution < 1.29 is 28.3 Å².